The van der Waals surface area contributed by atoms with Crippen LogP contribution in [0.4, 0.5) is 5.69 Å². The van der Waals surface area contributed by atoms with Crippen molar-refractivity contribution in [1.29, 1.82) is 0 Å². The van der Waals surface area contributed by atoms with Crippen molar-refractivity contribution in [3.63, 3.8) is 0 Å². The second kappa shape index (κ2) is 9.01. The molecule has 0 spiro atoms. The fourth-order valence-corrected chi connectivity index (χ4v) is 3.37. The second-order valence-electron chi connectivity index (χ2n) is 7.35. The Morgan fingerprint density at radius 2 is 1.76 bits per heavy atom. The van der Waals surface area contributed by atoms with Gasteiger partial charge in [0, 0.05) is 17.6 Å². The summed E-state index contributed by atoms with van der Waals surface area (Å²) in [6.45, 7) is 10.8. The predicted molar refractivity (Wildman–Crippen MR) is 117 cm³/mol. The number of amides is 1. The topological polar surface area (TPSA) is 67.2 Å². The Labute approximate surface area is 171 Å². The third-order valence-electron chi connectivity index (χ3n) is 5.02. The minimum atomic E-state index is -0.324. The van der Waals surface area contributed by atoms with Crippen molar-refractivity contribution in [3.05, 3.63) is 70.1 Å². The molecule has 1 amide bonds. The van der Waals surface area contributed by atoms with E-state index in [0.29, 0.717) is 16.5 Å². The maximum atomic E-state index is 13.1. The van der Waals surface area contributed by atoms with Gasteiger partial charge in [-0.1, -0.05) is 44.2 Å². The zero-order valence-electron chi connectivity index (χ0n) is 17.5. The lowest BCUT2D eigenvalue weighted by Crippen LogP contribution is -2.29. The highest BCUT2D eigenvalue weighted by Gasteiger charge is 2.18. The molecule has 0 fully saturated rings. The summed E-state index contributed by atoms with van der Waals surface area (Å²) in [5.74, 6) is -0.324. The summed E-state index contributed by atoms with van der Waals surface area (Å²) < 4.78 is 1.37. The van der Waals surface area contributed by atoms with E-state index in [1.165, 1.54) is 4.68 Å². The lowest BCUT2D eigenvalue weighted by molar-refractivity contribution is 0.102. The van der Waals surface area contributed by atoms with E-state index in [1.54, 1.807) is 18.2 Å². The molecule has 2 aromatic carbocycles. The Balaban J connectivity index is 1.95. The van der Waals surface area contributed by atoms with Crippen molar-refractivity contribution in [3.8, 4) is 0 Å². The van der Waals surface area contributed by atoms with Crippen LogP contribution < -0.4 is 10.9 Å². The van der Waals surface area contributed by atoms with Crippen LogP contribution >= 0.6 is 0 Å². The quantitative estimate of drug-likeness (QED) is 0.658. The van der Waals surface area contributed by atoms with Crippen LogP contribution in [0.2, 0.25) is 0 Å². The molecule has 0 radical (unpaired) electrons. The molecule has 29 heavy (non-hydrogen) atoms. The van der Waals surface area contributed by atoms with Crippen LogP contribution in [0.25, 0.3) is 10.8 Å². The van der Waals surface area contributed by atoms with Crippen molar-refractivity contribution in [2.45, 2.75) is 40.3 Å². The van der Waals surface area contributed by atoms with E-state index in [0.717, 1.165) is 25.2 Å². The molecule has 1 heterocycles. The molecule has 3 rings (SSSR count). The van der Waals surface area contributed by atoms with Gasteiger partial charge in [0.15, 0.2) is 5.69 Å². The number of aromatic nitrogens is 2. The largest absolute Gasteiger partial charge is 0.321 e. The third kappa shape index (κ3) is 4.54. The van der Waals surface area contributed by atoms with Gasteiger partial charge in [-0.2, -0.15) is 5.10 Å². The summed E-state index contributed by atoms with van der Waals surface area (Å²) in [5, 5.41) is 8.39. The number of nitrogens with one attached hydrogen (secondary N) is 1. The monoisotopic (exact) mass is 392 g/mol. The van der Waals surface area contributed by atoms with E-state index < -0.39 is 0 Å². The summed E-state index contributed by atoms with van der Waals surface area (Å²) >= 11 is 0. The lowest BCUT2D eigenvalue weighted by Gasteiger charge is -2.18. The summed E-state index contributed by atoms with van der Waals surface area (Å²) in [6.07, 6.45) is 0. The number of hydrogen-bond donors (Lipinski definition) is 1. The maximum absolute atomic E-state index is 13.1. The molecule has 6 heteroatoms. The number of carbonyl (C=O) groups excluding carboxylic acids is 1. The van der Waals surface area contributed by atoms with Crippen LogP contribution in [0, 0.1) is 0 Å². The van der Waals surface area contributed by atoms with Crippen LogP contribution in [0.5, 0.6) is 0 Å². The summed E-state index contributed by atoms with van der Waals surface area (Å²) in [6, 6.07) is 14.8. The molecule has 0 aliphatic heterocycles. The molecule has 0 unspecified atom stereocenters. The smallest absolute Gasteiger partial charge is 0.276 e. The van der Waals surface area contributed by atoms with Crippen LogP contribution in [-0.4, -0.2) is 33.7 Å². The first-order valence-electron chi connectivity index (χ1n) is 10.1. The molecule has 1 aromatic heterocycles. The highest BCUT2D eigenvalue weighted by atomic mass is 16.2. The van der Waals surface area contributed by atoms with Crippen molar-refractivity contribution >= 4 is 22.4 Å². The van der Waals surface area contributed by atoms with Crippen LogP contribution in [0.1, 0.15) is 49.8 Å². The zero-order chi connectivity index (χ0) is 21.0. The lowest BCUT2D eigenvalue weighted by atomic mass is 10.1. The first-order chi connectivity index (χ1) is 13.9. The van der Waals surface area contributed by atoms with E-state index in [9.17, 15) is 9.59 Å². The van der Waals surface area contributed by atoms with E-state index in [-0.39, 0.29) is 23.2 Å². The normalized spacial score (nSPS) is 11.4. The average molecular weight is 393 g/mol. The Morgan fingerprint density at radius 3 is 2.41 bits per heavy atom. The van der Waals surface area contributed by atoms with Crippen LogP contribution in [0.15, 0.2) is 53.3 Å². The first kappa shape index (κ1) is 20.7. The van der Waals surface area contributed by atoms with Gasteiger partial charge in [-0.05, 0) is 50.7 Å². The first-order valence-corrected chi connectivity index (χ1v) is 10.1. The predicted octanol–water partition coefficient (Wildman–Crippen LogP) is 4.07. The molecule has 0 atom stereocenters. The summed E-state index contributed by atoms with van der Waals surface area (Å²) in [4.78, 5) is 28.0. The maximum Gasteiger partial charge on any atom is 0.276 e. The van der Waals surface area contributed by atoms with E-state index in [4.69, 9.17) is 0 Å². The van der Waals surface area contributed by atoms with Crippen molar-refractivity contribution in [2.24, 2.45) is 0 Å². The molecule has 3 aromatic rings. The summed E-state index contributed by atoms with van der Waals surface area (Å²) in [5.41, 5.74) is 1.92. The van der Waals surface area contributed by atoms with Gasteiger partial charge in [0.05, 0.1) is 11.4 Å². The highest BCUT2D eigenvalue weighted by Crippen LogP contribution is 2.18. The molecular formula is C23H28N4O2. The molecule has 1 N–H and O–H groups in total. The van der Waals surface area contributed by atoms with Gasteiger partial charge in [-0.15, -0.1) is 0 Å². The average Bonchev–Trinajstić information content (AvgIpc) is 2.72. The fourth-order valence-electron chi connectivity index (χ4n) is 3.37. The van der Waals surface area contributed by atoms with E-state index >= 15 is 0 Å². The van der Waals surface area contributed by atoms with Gasteiger partial charge in [0.25, 0.3) is 11.5 Å². The van der Waals surface area contributed by atoms with Gasteiger partial charge in [-0.3, -0.25) is 14.5 Å². The van der Waals surface area contributed by atoms with Gasteiger partial charge in [0.2, 0.25) is 0 Å². The van der Waals surface area contributed by atoms with E-state index in [2.05, 4.69) is 35.2 Å². The Kier molecular flexibility index (Phi) is 6.44. The van der Waals surface area contributed by atoms with Gasteiger partial charge < -0.3 is 5.32 Å². The standard InChI is InChI=1S/C23H28N4O2/c1-5-26(6-2)15-17-10-9-11-18(14-17)24-22(28)21-19-12-7-8-13-20(19)23(29)27(25-21)16(3)4/h7-14,16H,5-6,15H2,1-4H3,(H,24,28). The summed E-state index contributed by atoms with van der Waals surface area (Å²) in [7, 11) is 0. The van der Waals surface area contributed by atoms with E-state index in [1.807, 2.05) is 38.1 Å². The van der Waals surface area contributed by atoms with Gasteiger partial charge >= 0.3 is 0 Å². The number of carbonyl (C=O) groups is 1. The number of nitrogens with zero attached hydrogens (tertiary/aromatic N) is 3. The molecular weight excluding hydrogens is 364 g/mol. The Bertz CT molecular complexity index is 1070. The molecule has 0 saturated carbocycles. The minimum absolute atomic E-state index is 0.143. The molecule has 0 saturated heterocycles. The fraction of sp³-hybridized carbons (Fsp3) is 0.348. The van der Waals surface area contributed by atoms with Crippen LogP contribution in [-0.2, 0) is 6.54 Å². The van der Waals surface area contributed by atoms with Crippen molar-refractivity contribution < 1.29 is 4.79 Å². The SMILES string of the molecule is CCN(CC)Cc1cccc(NC(=O)c2nn(C(C)C)c(=O)c3ccccc23)c1. The van der Waals surface area contributed by atoms with Crippen molar-refractivity contribution in [2.75, 3.05) is 18.4 Å². The molecule has 0 aliphatic rings. The zero-order valence-corrected chi connectivity index (χ0v) is 17.5. The molecule has 6 nitrogen and oxygen atoms in total. The minimum Gasteiger partial charge on any atom is -0.321 e. The number of hydrogen-bond acceptors (Lipinski definition) is 4. The molecule has 0 aliphatic carbocycles. The van der Waals surface area contributed by atoms with Gasteiger partial charge in [0.1, 0.15) is 0 Å². The molecule has 0 bridgehead atoms. The molecule has 152 valence electrons. The van der Waals surface area contributed by atoms with Crippen molar-refractivity contribution in [1.82, 2.24) is 14.7 Å². The number of fused-ring (bicyclic) bond motifs is 1. The Hall–Kier alpha value is -2.99. The third-order valence-corrected chi connectivity index (χ3v) is 5.02. The number of rotatable bonds is 7. The number of anilines is 1. The number of benzene rings is 2. The highest BCUT2D eigenvalue weighted by molar-refractivity contribution is 6.11. The Morgan fingerprint density at radius 1 is 1.07 bits per heavy atom. The van der Waals surface area contributed by atoms with Crippen LogP contribution in [0.3, 0.4) is 0 Å². The van der Waals surface area contributed by atoms with Gasteiger partial charge in [-0.25, -0.2) is 4.68 Å². The second-order valence-corrected chi connectivity index (χ2v) is 7.35.